The zero-order valence-corrected chi connectivity index (χ0v) is 26.4. The third-order valence-electron chi connectivity index (χ3n) is 7.79. The number of hydrogen-bond donors (Lipinski definition) is 3. The standard InChI is InChI=1S/C32H43F2N5O5/c1-19(2)30(32(3,4)40)37-20-10-12-39(13-11-20)24-9-8-21(14-25(24)41-5)38-31-35-16-22(17-36-31)44-18-23-28(33)26(42-6)15-27(43-7)29(23)34/h8-9,14-17,19-20,30,37,40H,10-13,18H2,1-7H3,(H,35,36,38)/t30-/m0/s1. The van der Waals surface area contributed by atoms with Gasteiger partial charge in [-0.15, -0.1) is 0 Å². The third kappa shape index (κ3) is 7.78. The molecule has 1 aromatic heterocycles. The second-order valence-electron chi connectivity index (χ2n) is 11.7. The van der Waals surface area contributed by atoms with Crippen LogP contribution in [0.3, 0.4) is 0 Å². The summed E-state index contributed by atoms with van der Waals surface area (Å²) in [5.74, 6) is -0.461. The van der Waals surface area contributed by atoms with Crippen LogP contribution in [0.4, 0.5) is 26.1 Å². The van der Waals surface area contributed by atoms with E-state index in [4.69, 9.17) is 18.9 Å². The number of aliphatic hydroxyl groups is 1. The fourth-order valence-corrected chi connectivity index (χ4v) is 5.57. The molecule has 3 aromatic rings. The summed E-state index contributed by atoms with van der Waals surface area (Å²) in [5.41, 5.74) is 0.606. The Labute approximate surface area is 257 Å². The number of hydrogen-bond acceptors (Lipinski definition) is 10. The first-order valence-corrected chi connectivity index (χ1v) is 14.7. The van der Waals surface area contributed by atoms with Gasteiger partial charge in [-0.25, -0.2) is 18.7 Å². The van der Waals surface area contributed by atoms with E-state index < -0.39 is 23.8 Å². The summed E-state index contributed by atoms with van der Waals surface area (Å²) in [7, 11) is 4.21. The molecule has 1 atom stereocenters. The largest absolute Gasteiger partial charge is 0.495 e. The van der Waals surface area contributed by atoms with Gasteiger partial charge in [-0.05, 0) is 44.7 Å². The minimum Gasteiger partial charge on any atom is -0.495 e. The van der Waals surface area contributed by atoms with E-state index in [9.17, 15) is 13.9 Å². The van der Waals surface area contributed by atoms with Crippen molar-refractivity contribution in [3.63, 3.8) is 0 Å². The number of benzene rings is 2. The molecule has 12 heteroatoms. The summed E-state index contributed by atoms with van der Waals surface area (Å²) in [5, 5.41) is 17.4. The Kier molecular flexibility index (Phi) is 10.7. The smallest absolute Gasteiger partial charge is 0.227 e. The number of ether oxygens (including phenoxy) is 4. The van der Waals surface area contributed by atoms with Gasteiger partial charge in [-0.3, -0.25) is 0 Å². The zero-order valence-electron chi connectivity index (χ0n) is 26.4. The molecular formula is C32H43F2N5O5. The average Bonchev–Trinajstić information content (AvgIpc) is 3.00. The first-order chi connectivity index (χ1) is 20.9. The van der Waals surface area contributed by atoms with Crippen LogP contribution in [0, 0.1) is 17.6 Å². The van der Waals surface area contributed by atoms with Crippen LogP contribution >= 0.6 is 0 Å². The molecule has 1 saturated heterocycles. The predicted molar refractivity (Wildman–Crippen MR) is 165 cm³/mol. The lowest BCUT2D eigenvalue weighted by Gasteiger charge is -2.40. The Hall–Kier alpha value is -3.90. The van der Waals surface area contributed by atoms with Crippen LogP contribution in [0.1, 0.15) is 46.1 Å². The maximum Gasteiger partial charge on any atom is 0.227 e. The van der Waals surface area contributed by atoms with Crippen LogP contribution in [0.15, 0.2) is 36.7 Å². The summed E-state index contributed by atoms with van der Waals surface area (Å²) in [6.07, 6.45) is 4.73. The molecule has 1 aliphatic rings. The van der Waals surface area contributed by atoms with E-state index in [-0.39, 0.29) is 28.9 Å². The van der Waals surface area contributed by atoms with Gasteiger partial charge in [-0.2, -0.15) is 0 Å². The Balaban J connectivity index is 1.36. The molecule has 3 N–H and O–H groups in total. The first kappa shape index (κ1) is 33.0. The summed E-state index contributed by atoms with van der Waals surface area (Å²) >= 11 is 0. The number of nitrogens with zero attached hydrogens (tertiary/aromatic N) is 3. The normalized spacial score (nSPS) is 14.8. The number of methoxy groups -OCH3 is 3. The Morgan fingerprint density at radius 2 is 1.55 bits per heavy atom. The predicted octanol–water partition coefficient (Wildman–Crippen LogP) is 5.46. The van der Waals surface area contributed by atoms with Gasteiger partial charge in [-0.1, -0.05) is 13.8 Å². The molecule has 0 amide bonds. The minimum atomic E-state index is -0.867. The van der Waals surface area contributed by atoms with Crippen molar-refractivity contribution < 1.29 is 32.8 Å². The summed E-state index contributed by atoms with van der Waals surface area (Å²) in [6.45, 7) is 9.29. The van der Waals surface area contributed by atoms with Crippen molar-refractivity contribution in [3.05, 3.63) is 53.9 Å². The summed E-state index contributed by atoms with van der Waals surface area (Å²) in [6, 6.07) is 7.31. The van der Waals surface area contributed by atoms with E-state index in [2.05, 4.69) is 39.3 Å². The highest BCUT2D eigenvalue weighted by atomic mass is 19.1. The highest BCUT2D eigenvalue weighted by Crippen LogP contribution is 2.35. The topological polar surface area (TPSA) is 110 Å². The van der Waals surface area contributed by atoms with E-state index in [1.54, 1.807) is 7.11 Å². The number of halogens is 2. The molecule has 44 heavy (non-hydrogen) atoms. The number of piperidine rings is 1. The molecule has 2 aromatic carbocycles. The van der Waals surface area contributed by atoms with Crippen LogP contribution in [-0.2, 0) is 6.61 Å². The van der Waals surface area contributed by atoms with Crippen molar-refractivity contribution in [2.24, 2.45) is 5.92 Å². The van der Waals surface area contributed by atoms with Crippen molar-refractivity contribution in [1.29, 1.82) is 0 Å². The van der Waals surface area contributed by atoms with Gasteiger partial charge in [0, 0.05) is 43.0 Å². The second-order valence-corrected chi connectivity index (χ2v) is 11.7. The maximum absolute atomic E-state index is 14.6. The molecule has 0 radical (unpaired) electrons. The van der Waals surface area contributed by atoms with E-state index in [1.807, 2.05) is 32.0 Å². The molecule has 1 fully saturated rings. The molecule has 0 spiro atoms. The van der Waals surface area contributed by atoms with Gasteiger partial charge in [0.1, 0.15) is 12.4 Å². The number of nitrogens with one attached hydrogen (secondary N) is 2. The highest BCUT2D eigenvalue weighted by Gasteiger charge is 2.32. The van der Waals surface area contributed by atoms with E-state index in [0.717, 1.165) is 49.1 Å². The molecule has 240 valence electrons. The molecule has 0 unspecified atom stereocenters. The van der Waals surface area contributed by atoms with Crippen LogP contribution < -0.4 is 34.5 Å². The van der Waals surface area contributed by atoms with Crippen molar-refractivity contribution in [2.75, 3.05) is 44.6 Å². The fraction of sp³-hybridized carbons (Fsp3) is 0.500. The lowest BCUT2D eigenvalue weighted by molar-refractivity contribution is 0.0139. The quantitative estimate of drug-likeness (QED) is 0.229. The summed E-state index contributed by atoms with van der Waals surface area (Å²) < 4.78 is 50.5. The minimum absolute atomic E-state index is 0.0184. The van der Waals surface area contributed by atoms with E-state index in [0.29, 0.717) is 17.9 Å². The van der Waals surface area contributed by atoms with Crippen LogP contribution in [0.5, 0.6) is 23.0 Å². The van der Waals surface area contributed by atoms with Crippen LogP contribution in [0.25, 0.3) is 0 Å². The fourth-order valence-electron chi connectivity index (χ4n) is 5.57. The van der Waals surface area contributed by atoms with Gasteiger partial charge in [0.2, 0.25) is 5.95 Å². The Morgan fingerprint density at radius 1 is 0.955 bits per heavy atom. The monoisotopic (exact) mass is 615 g/mol. The maximum atomic E-state index is 14.6. The van der Waals surface area contributed by atoms with Gasteiger partial charge < -0.3 is 39.6 Å². The van der Waals surface area contributed by atoms with Gasteiger partial charge in [0.25, 0.3) is 0 Å². The van der Waals surface area contributed by atoms with Crippen molar-refractivity contribution in [2.45, 2.75) is 64.8 Å². The van der Waals surface area contributed by atoms with Crippen LogP contribution in [-0.4, -0.2) is 67.2 Å². The Bertz CT molecular complexity index is 1370. The lowest BCUT2D eigenvalue weighted by Crippen LogP contribution is -2.55. The van der Waals surface area contributed by atoms with E-state index in [1.165, 1.54) is 26.6 Å². The molecular weight excluding hydrogens is 572 g/mol. The first-order valence-electron chi connectivity index (χ1n) is 14.7. The molecule has 1 aliphatic heterocycles. The van der Waals surface area contributed by atoms with Crippen molar-refractivity contribution in [3.8, 4) is 23.0 Å². The van der Waals surface area contributed by atoms with E-state index >= 15 is 0 Å². The van der Waals surface area contributed by atoms with Gasteiger partial charge >= 0.3 is 0 Å². The van der Waals surface area contributed by atoms with Crippen molar-refractivity contribution in [1.82, 2.24) is 15.3 Å². The second kappa shape index (κ2) is 14.3. The number of rotatable bonds is 13. The molecule has 0 saturated carbocycles. The lowest BCUT2D eigenvalue weighted by atomic mass is 9.87. The third-order valence-corrected chi connectivity index (χ3v) is 7.79. The van der Waals surface area contributed by atoms with Crippen LogP contribution in [0.2, 0.25) is 0 Å². The Morgan fingerprint density at radius 3 is 2.07 bits per heavy atom. The molecule has 0 aliphatic carbocycles. The molecule has 4 rings (SSSR count). The van der Waals surface area contributed by atoms with Crippen molar-refractivity contribution >= 4 is 17.3 Å². The number of anilines is 3. The molecule has 2 heterocycles. The van der Waals surface area contributed by atoms with Gasteiger partial charge in [0.15, 0.2) is 28.9 Å². The molecule has 10 nitrogen and oxygen atoms in total. The van der Waals surface area contributed by atoms with Gasteiger partial charge in [0.05, 0.1) is 50.6 Å². The highest BCUT2D eigenvalue weighted by molar-refractivity contribution is 5.67. The SMILES string of the molecule is COc1cc(Nc2ncc(OCc3c(F)c(OC)cc(OC)c3F)cn2)ccc1N1CCC(N[C@@H](C(C)C)C(C)(C)O)CC1. The number of aromatic nitrogens is 2. The molecule has 0 bridgehead atoms. The summed E-state index contributed by atoms with van der Waals surface area (Å²) in [4.78, 5) is 10.8. The average molecular weight is 616 g/mol. The zero-order chi connectivity index (χ0) is 32.0.